The van der Waals surface area contributed by atoms with Crippen molar-refractivity contribution in [2.24, 2.45) is 0 Å². The lowest BCUT2D eigenvalue weighted by molar-refractivity contribution is 0.0938. The zero-order chi connectivity index (χ0) is 20.1. The molecule has 0 bridgehead atoms. The molecule has 0 radical (unpaired) electrons. The number of hydrogen-bond donors (Lipinski definition) is 2. The fraction of sp³-hybridized carbons (Fsp3) is 0.167. The second kappa shape index (κ2) is 8.53. The summed E-state index contributed by atoms with van der Waals surface area (Å²) < 4.78 is 0. The number of rotatable bonds is 5. The highest BCUT2D eigenvalue weighted by atomic mass is 16.2. The fourth-order valence-corrected chi connectivity index (χ4v) is 2.96. The second-order valence-electron chi connectivity index (χ2n) is 6.88. The molecule has 0 aliphatic rings. The van der Waals surface area contributed by atoms with Crippen LogP contribution in [0.15, 0.2) is 72.8 Å². The maximum atomic E-state index is 12.5. The lowest BCUT2D eigenvalue weighted by atomic mass is 10.1. The van der Waals surface area contributed by atoms with E-state index < -0.39 is 0 Å². The number of carbonyl (C=O) groups excluding carboxylic acids is 2. The second-order valence-corrected chi connectivity index (χ2v) is 6.88. The van der Waals surface area contributed by atoms with E-state index in [9.17, 15) is 9.59 Å². The van der Waals surface area contributed by atoms with Crippen molar-refractivity contribution < 1.29 is 9.59 Å². The van der Waals surface area contributed by atoms with Crippen LogP contribution in [0.2, 0.25) is 0 Å². The molecule has 3 rings (SSSR count). The van der Waals surface area contributed by atoms with Crippen LogP contribution in [0.3, 0.4) is 0 Å². The number of carbonyl (C=O) groups is 2. The number of benzene rings is 3. The van der Waals surface area contributed by atoms with E-state index in [-0.39, 0.29) is 17.9 Å². The van der Waals surface area contributed by atoms with Crippen LogP contribution in [0.25, 0.3) is 0 Å². The first kappa shape index (κ1) is 19.4. The Hall–Kier alpha value is -3.40. The van der Waals surface area contributed by atoms with Gasteiger partial charge in [0.25, 0.3) is 11.8 Å². The monoisotopic (exact) mass is 372 g/mol. The summed E-state index contributed by atoms with van der Waals surface area (Å²) >= 11 is 0. The van der Waals surface area contributed by atoms with E-state index in [1.807, 2.05) is 69.3 Å². The molecular formula is C24H24N2O2. The third-order valence-electron chi connectivity index (χ3n) is 4.91. The van der Waals surface area contributed by atoms with Gasteiger partial charge < -0.3 is 10.6 Å². The van der Waals surface area contributed by atoms with Crippen LogP contribution in [-0.2, 0) is 0 Å². The molecule has 4 heteroatoms. The highest BCUT2D eigenvalue weighted by Gasteiger charge is 2.13. The summed E-state index contributed by atoms with van der Waals surface area (Å²) in [5, 5.41) is 5.91. The molecule has 0 spiro atoms. The number of hydrogen-bond acceptors (Lipinski definition) is 2. The van der Waals surface area contributed by atoms with Gasteiger partial charge in [0.15, 0.2) is 0 Å². The summed E-state index contributed by atoms with van der Waals surface area (Å²) in [4.78, 5) is 25.0. The molecular weight excluding hydrogens is 348 g/mol. The predicted molar refractivity (Wildman–Crippen MR) is 113 cm³/mol. The van der Waals surface area contributed by atoms with Crippen LogP contribution in [-0.4, -0.2) is 11.8 Å². The quantitative estimate of drug-likeness (QED) is 0.659. The minimum absolute atomic E-state index is 0.0963. The van der Waals surface area contributed by atoms with Gasteiger partial charge in [-0.1, -0.05) is 42.5 Å². The van der Waals surface area contributed by atoms with Crippen molar-refractivity contribution in [3.8, 4) is 0 Å². The molecule has 4 nitrogen and oxygen atoms in total. The average molecular weight is 372 g/mol. The van der Waals surface area contributed by atoms with E-state index in [1.165, 1.54) is 0 Å². The van der Waals surface area contributed by atoms with Gasteiger partial charge in [0.1, 0.15) is 0 Å². The normalized spacial score (nSPS) is 11.5. The molecule has 0 aliphatic heterocycles. The molecule has 0 fully saturated rings. The molecule has 0 aromatic heterocycles. The van der Waals surface area contributed by atoms with Crippen LogP contribution in [0, 0.1) is 13.8 Å². The summed E-state index contributed by atoms with van der Waals surface area (Å²) in [5.74, 6) is -0.365. The van der Waals surface area contributed by atoms with Gasteiger partial charge in [0, 0.05) is 16.8 Å². The molecule has 28 heavy (non-hydrogen) atoms. The maximum Gasteiger partial charge on any atom is 0.255 e. The smallest absolute Gasteiger partial charge is 0.255 e. The number of aryl methyl sites for hydroxylation is 1. The zero-order valence-corrected chi connectivity index (χ0v) is 16.3. The van der Waals surface area contributed by atoms with Crippen molar-refractivity contribution in [3.63, 3.8) is 0 Å². The Balaban J connectivity index is 1.66. The minimum atomic E-state index is -0.196. The lowest BCUT2D eigenvalue weighted by Gasteiger charge is -2.14. The molecule has 1 unspecified atom stereocenters. The van der Waals surface area contributed by atoms with Crippen LogP contribution in [0.4, 0.5) is 5.69 Å². The number of amides is 2. The molecule has 142 valence electrons. The Labute approximate surface area is 165 Å². The topological polar surface area (TPSA) is 58.2 Å². The summed E-state index contributed by atoms with van der Waals surface area (Å²) in [7, 11) is 0. The van der Waals surface area contributed by atoms with Crippen molar-refractivity contribution >= 4 is 17.5 Å². The van der Waals surface area contributed by atoms with E-state index in [0.29, 0.717) is 11.1 Å². The maximum absolute atomic E-state index is 12.5. The van der Waals surface area contributed by atoms with E-state index in [4.69, 9.17) is 0 Å². The van der Waals surface area contributed by atoms with Gasteiger partial charge >= 0.3 is 0 Å². The summed E-state index contributed by atoms with van der Waals surface area (Å²) in [6, 6.07) is 22.2. The van der Waals surface area contributed by atoms with E-state index in [2.05, 4.69) is 10.6 Å². The highest BCUT2D eigenvalue weighted by Crippen LogP contribution is 2.19. The Morgan fingerprint density at radius 1 is 0.750 bits per heavy atom. The van der Waals surface area contributed by atoms with Crippen molar-refractivity contribution in [2.45, 2.75) is 26.8 Å². The summed E-state index contributed by atoms with van der Waals surface area (Å²) in [5.41, 5.74) is 5.03. The van der Waals surface area contributed by atoms with Crippen molar-refractivity contribution in [1.29, 1.82) is 0 Å². The van der Waals surface area contributed by atoms with Gasteiger partial charge in [-0.15, -0.1) is 0 Å². The van der Waals surface area contributed by atoms with Crippen LogP contribution in [0.1, 0.15) is 50.4 Å². The first-order valence-electron chi connectivity index (χ1n) is 9.29. The van der Waals surface area contributed by atoms with Gasteiger partial charge in [0.2, 0.25) is 0 Å². The largest absolute Gasteiger partial charge is 0.346 e. The standard InChI is InChI=1S/C24H24N2O2/c1-16-8-7-11-22(17(16)2)26-24(28)21-14-12-20(13-15-21)23(27)25-18(3)19-9-5-4-6-10-19/h4-15,18H,1-3H3,(H,25,27)(H,26,28). The predicted octanol–water partition coefficient (Wildman–Crippen LogP) is 5.05. The number of nitrogens with one attached hydrogen (secondary N) is 2. The molecule has 2 N–H and O–H groups in total. The van der Waals surface area contributed by atoms with E-state index in [1.54, 1.807) is 24.3 Å². The van der Waals surface area contributed by atoms with Crippen LogP contribution >= 0.6 is 0 Å². The molecule has 3 aromatic rings. The lowest BCUT2D eigenvalue weighted by Crippen LogP contribution is -2.26. The third-order valence-corrected chi connectivity index (χ3v) is 4.91. The molecule has 1 atom stereocenters. The molecule has 2 amide bonds. The molecule has 0 aliphatic carbocycles. The minimum Gasteiger partial charge on any atom is -0.346 e. The molecule has 0 saturated heterocycles. The Kier molecular flexibility index (Phi) is 5.90. The van der Waals surface area contributed by atoms with Crippen LogP contribution in [0.5, 0.6) is 0 Å². The van der Waals surface area contributed by atoms with E-state index >= 15 is 0 Å². The van der Waals surface area contributed by atoms with Crippen molar-refractivity contribution in [1.82, 2.24) is 5.32 Å². The third kappa shape index (κ3) is 4.46. The Bertz CT molecular complexity index is 979. The van der Waals surface area contributed by atoms with Crippen molar-refractivity contribution in [2.75, 3.05) is 5.32 Å². The summed E-state index contributed by atoms with van der Waals surface area (Å²) in [6.07, 6.45) is 0. The summed E-state index contributed by atoms with van der Waals surface area (Å²) in [6.45, 7) is 5.93. The fourth-order valence-electron chi connectivity index (χ4n) is 2.96. The molecule has 3 aromatic carbocycles. The van der Waals surface area contributed by atoms with Gasteiger partial charge in [-0.3, -0.25) is 9.59 Å². The Morgan fingerprint density at radius 2 is 1.36 bits per heavy atom. The van der Waals surface area contributed by atoms with Gasteiger partial charge in [0.05, 0.1) is 6.04 Å². The first-order valence-corrected chi connectivity index (χ1v) is 9.29. The highest BCUT2D eigenvalue weighted by molar-refractivity contribution is 6.05. The van der Waals surface area contributed by atoms with Gasteiger partial charge in [-0.25, -0.2) is 0 Å². The first-order chi connectivity index (χ1) is 13.5. The van der Waals surface area contributed by atoms with E-state index in [0.717, 1.165) is 22.4 Å². The van der Waals surface area contributed by atoms with Gasteiger partial charge in [-0.05, 0) is 67.8 Å². The molecule has 0 saturated carbocycles. The zero-order valence-electron chi connectivity index (χ0n) is 16.3. The molecule has 0 heterocycles. The average Bonchev–Trinajstić information content (AvgIpc) is 2.72. The van der Waals surface area contributed by atoms with Crippen molar-refractivity contribution in [3.05, 3.63) is 101 Å². The van der Waals surface area contributed by atoms with Gasteiger partial charge in [-0.2, -0.15) is 0 Å². The number of anilines is 1. The van der Waals surface area contributed by atoms with Crippen LogP contribution < -0.4 is 10.6 Å². The SMILES string of the molecule is Cc1cccc(NC(=O)c2ccc(C(=O)NC(C)c3ccccc3)cc2)c1C. The Morgan fingerprint density at radius 3 is 2.00 bits per heavy atom.